The highest BCUT2D eigenvalue weighted by Gasteiger charge is 2.26. The Hall–Kier alpha value is -4.32. The lowest BCUT2D eigenvalue weighted by molar-refractivity contribution is 0.392. The largest absolute Gasteiger partial charge is 0.468 e. The number of hydrogen-bond acceptors (Lipinski definition) is 6. The van der Waals surface area contributed by atoms with Crippen LogP contribution < -0.4 is 0 Å². The fraction of sp³-hybridized carbons (Fsp3) is 0.200. The molecule has 0 fully saturated rings. The van der Waals surface area contributed by atoms with E-state index in [4.69, 9.17) is 26.5 Å². The van der Waals surface area contributed by atoms with Gasteiger partial charge < -0.3 is 26.5 Å². The van der Waals surface area contributed by atoms with Crippen LogP contribution in [0.25, 0.3) is 0 Å². The molecule has 36 heavy (non-hydrogen) atoms. The highest BCUT2D eigenvalue weighted by Crippen LogP contribution is 2.35. The Morgan fingerprint density at radius 2 is 0.694 bits per heavy atom. The third kappa shape index (κ3) is 5.03. The number of furan rings is 6. The van der Waals surface area contributed by atoms with Crippen molar-refractivity contribution in [1.82, 2.24) is 0 Å². The summed E-state index contributed by atoms with van der Waals surface area (Å²) in [5.74, 6) is 8.23. The molecule has 6 aromatic heterocycles. The lowest BCUT2D eigenvalue weighted by Crippen LogP contribution is -1.99. The summed E-state index contributed by atoms with van der Waals surface area (Å²) in [6, 6.07) is 23.2. The van der Waals surface area contributed by atoms with Gasteiger partial charge in [-0.2, -0.15) is 0 Å². The molecule has 0 aliphatic heterocycles. The summed E-state index contributed by atoms with van der Waals surface area (Å²) >= 11 is 0. The average Bonchev–Trinajstić information content (AvgIpc) is 3.66. The molecule has 6 heterocycles. The van der Waals surface area contributed by atoms with Crippen molar-refractivity contribution in [2.75, 3.05) is 0 Å². The highest BCUT2D eigenvalue weighted by molar-refractivity contribution is 5.32. The molecule has 0 unspecified atom stereocenters. The van der Waals surface area contributed by atoms with Crippen molar-refractivity contribution in [1.29, 1.82) is 0 Å². The maximum absolute atomic E-state index is 5.71. The fourth-order valence-electron chi connectivity index (χ4n) is 4.19. The van der Waals surface area contributed by atoms with E-state index >= 15 is 0 Å². The second kappa shape index (κ2) is 10.1. The maximum atomic E-state index is 5.71. The minimum absolute atomic E-state index is 0.123. The zero-order valence-corrected chi connectivity index (χ0v) is 20.7. The minimum Gasteiger partial charge on any atom is -0.468 e. The van der Waals surface area contributed by atoms with Gasteiger partial charge in [0, 0.05) is 0 Å². The Balaban J connectivity index is 0.000000148. The first kappa shape index (κ1) is 23.4. The van der Waals surface area contributed by atoms with E-state index in [2.05, 4.69) is 0 Å². The first-order valence-corrected chi connectivity index (χ1v) is 11.8. The normalized spacial score (nSPS) is 11.3. The van der Waals surface area contributed by atoms with Crippen molar-refractivity contribution in [2.24, 2.45) is 0 Å². The van der Waals surface area contributed by atoms with Crippen molar-refractivity contribution >= 4 is 0 Å². The Bertz CT molecular complexity index is 1290. The number of hydrogen-bond donors (Lipinski definition) is 0. The van der Waals surface area contributed by atoms with Gasteiger partial charge in [-0.15, -0.1) is 0 Å². The van der Waals surface area contributed by atoms with E-state index in [0.717, 1.165) is 57.6 Å². The molecule has 0 radical (unpaired) electrons. The van der Waals surface area contributed by atoms with Crippen LogP contribution in [-0.4, -0.2) is 0 Å². The maximum Gasteiger partial charge on any atom is 0.133 e. The van der Waals surface area contributed by atoms with E-state index < -0.39 is 0 Å². The molecular formula is C30H28O6. The van der Waals surface area contributed by atoms with Crippen LogP contribution in [0.1, 0.15) is 69.4 Å². The van der Waals surface area contributed by atoms with Gasteiger partial charge in [0.05, 0.1) is 12.5 Å². The SMILES string of the molecule is Cc1ccc(C(c2ccco2)c2ccc(C)o2)o1.Cc1ccc(C(c2ccco2)c2ccc(C)o2)o1. The molecule has 0 aliphatic rings. The van der Waals surface area contributed by atoms with Crippen molar-refractivity contribution < 1.29 is 26.5 Å². The van der Waals surface area contributed by atoms with Gasteiger partial charge in [0.1, 0.15) is 69.4 Å². The van der Waals surface area contributed by atoms with Gasteiger partial charge in [-0.25, -0.2) is 0 Å². The van der Waals surface area contributed by atoms with Gasteiger partial charge >= 0.3 is 0 Å². The molecule has 0 atom stereocenters. The van der Waals surface area contributed by atoms with E-state index in [0.29, 0.717) is 0 Å². The van der Waals surface area contributed by atoms with E-state index in [9.17, 15) is 0 Å². The standard InChI is InChI=1S/2C15H14O3/c2*1-10-5-7-13(17-10)15(12-4-3-9-16-12)14-8-6-11(2)18-14/h2*3-9,15H,1-2H3. The van der Waals surface area contributed by atoms with Crippen LogP contribution in [0.5, 0.6) is 0 Å². The summed E-state index contributed by atoms with van der Waals surface area (Å²) < 4.78 is 33.9. The van der Waals surface area contributed by atoms with Crippen LogP contribution in [0.3, 0.4) is 0 Å². The summed E-state index contributed by atoms with van der Waals surface area (Å²) in [5, 5.41) is 0. The number of rotatable bonds is 6. The smallest absolute Gasteiger partial charge is 0.133 e. The predicted molar refractivity (Wildman–Crippen MR) is 133 cm³/mol. The van der Waals surface area contributed by atoms with Crippen LogP contribution in [0, 0.1) is 27.7 Å². The Kier molecular flexibility index (Phi) is 6.58. The molecule has 0 N–H and O–H groups in total. The Morgan fingerprint density at radius 1 is 0.389 bits per heavy atom. The summed E-state index contributed by atoms with van der Waals surface area (Å²) in [7, 11) is 0. The van der Waals surface area contributed by atoms with Crippen molar-refractivity contribution in [3.05, 3.63) is 143 Å². The average molecular weight is 485 g/mol. The molecule has 0 aromatic carbocycles. The quantitative estimate of drug-likeness (QED) is 0.236. The molecule has 184 valence electrons. The lowest BCUT2D eigenvalue weighted by atomic mass is 10.0. The summed E-state index contributed by atoms with van der Waals surface area (Å²) in [6.45, 7) is 7.71. The van der Waals surface area contributed by atoms with Crippen molar-refractivity contribution in [2.45, 2.75) is 39.5 Å². The molecule has 0 spiro atoms. The first-order chi connectivity index (χ1) is 17.5. The van der Waals surface area contributed by atoms with Crippen LogP contribution in [-0.2, 0) is 0 Å². The van der Waals surface area contributed by atoms with Gasteiger partial charge in [0.25, 0.3) is 0 Å². The third-order valence-electron chi connectivity index (χ3n) is 5.84. The number of aryl methyl sites for hydroxylation is 4. The molecule has 0 aliphatic carbocycles. The summed E-state index contributed by atoms with van der Waals surface area (Å²) in [6.07, 6.45) is 3.32. The van der Waals surface area contributed by atoms with E-state index in [1.54, 1.807) is 12.5 Å². The highest BCUT2D eigenvalue weighted by atomic mass is 16.4. The van der Waals surface area contributed by atoms with Crippen LogP contribution in [0.15, 0.2) is 112 Å². The van der Waals surface area contributed by atoms with Crippen LogP contribution in [0.4, 0.5) is 0 Å². The fourth-order valence-corrected chi connectivity index (χ4v) is 4.19. The van der Waals surface area contributed by atoms with E-state index in [-0.39, 0.29) is 11.8 Å². The molecule has 6 rings (SSSR count). The Morgan fingerprint density at radius 3 is 0.889 bits per heavy atom. The molecule has 0 bridgehead atoms. The van der Waals surface area contributed by atoms with E-state index in [1.807, 2.05) is 100 Å². The van der Waals surface area contributed by atoms with Crippen molar-refractivity contribution in [3.8, 4) is 0 Å². The van der Waals surface area contributed by atoms with Gasteiger partial charge in [0.2, 0.25) is 0 Å². The minimum atomic E-state index is -0.123. The Labute approximate surface area is 209 Å². The topological polar surface area (TPSA) is 78.8 Å². The molecule has 6 nitrogen and oxygen atoms in total. The lowest BCUT2D eigenvalue weighted by Gasteiger charge is -2.09. The van der Waals surface area contributed by atoms with Crippen LogP contribution >= 0.6 is 0 Å². The van der Waals surface area contributed by atoms with Gasteiger partial charge in [-0.05, 0) is 100 Å². The van der Waals surface area contributed by atoms with Crippen molar-refractivity contribution in [3.63, 3.8) is 0 Å². The van der Waals surface area contributed by atoms with Gasteiger partial charge in [-0.3, -0.25) is 0 Å². The predicted octanol–water partition coefficient (Wildman–Crippen LogP) is 8.53. The molecule has 6 aromatic rings. The zero-order chi connectivity index (χ0) is 25.1. The van der Waals surface area contributed by atoms with E-state index in [1.165, 1.54) is 0 Å². The molecule has 0 saturated carbocycles. The second-order valence-corrected chi connectivity index (χ2v) is 8.69. The molecular weight excluding hydrogens is 456 g/mol. The van der Waals surface area contributed by atoms with Gasteiger partial charge in [0.15, 0.2) is 0 Å². The summed E-state index contributed by atoms with van der Waals surface area (Å²) in [4.78, 5) is 0. The third-order valence-corrected chi connectivity index (χ3v) is 5.84. The molecule has 6 heteroatoms. The monoisotopic (exact) mass is 484 g/mol. The van der Waals surface area contributed by atoms with Crippen LogP contribution in [0.2, 0.25) is 0 Å². The summed E-state index contributed by atoms with van der Waals surface area (Å²) in [5.41, 5.74) is 0. The second-order valence-electron chi connectivity index (χ2n) is 8.69. The molecule has 0 saturated heterocycles. The van der Waals surface area contributed by atoms with Gasteiger partial charge in [-0.1, -0.05) is 0 Å². The first-order valence-electron chi connectivity index (χ1n) is 11.8. The molecule has 0 amide bonds. The zero-order valence-electron chi connectivity index (χ0n) is 20.7.